The summed E-state index contributed by atoms with van der Waals surface area (Å²) in [4.78, 5) is 28.1. The van der Waals surface area contributed by atoms with Crippen molar-refractivity contribution in [2.24, 2.45) is 0 Å². The molecule has 1 amide bonds. The second-order valence-electron chi connectivity index (χ2n) is 8.86. The van der Waals surface area contributed by atoms with Crippen LogP contribution in [0.5, 0.6) is 0 Å². The quantitative estimate of drug-likeness (QED) is 0.238. The number of fused-ring (bicyclic) bond motifs is 2. The molecule has 2 N–H and O–H groups in total. The van der Waals surface area contributed by atoms with Crippen molar-refractivity contribution in [1.82, 2.24) is 19.7 Å². The zero-order chi connectivity index (χ0) is 24.6. The number of amides is 1. The first-order valence-electron chi connectivity index (χ1n) is 11.7. The Morgan fingerprint density at radius 3 is 2.81 bits per heavy atom. The third kappa shape index (κ3) is 4.09. The lowest BCUT2D eigenvalue weighted by atomic mass is 9.99. The number of ketones is 1. The van der Waals surface area contributed by atoms with Crippen molar-refractivity contribution in [1.29, 1.82) is 0 Å². The molecule has 0 unspecified atom stereocenters. The first-order chi connectivity index (χ1) is 17.6. The minimum absolute atomic E-state index is 0.00661. The van der Waals surface area contributed by atoms with Crippen LogP contribution in [0.25, 0.3) is 28.0 Å². The Balaban J connectivity index is 1.33. The number of H-pyrrole nitrogens is 1. The molecular weight excluding hydrogens is 470 g/mol. The van der Waals surface area contributed by atoms with Gasteiger partial charge in [-0.25, -0.2) is 0 Å². The maximum absolute atomic E-state index is 13.1. The maximum atomic E-state index is 13.1. The van der Waals surface area contributed by atoms with Crippen molar-refractivity contribution in [3.05, 3.63) is 89.6 Å². The minimum Gasteiger partial charge on any atom is -0.360 e. The van der Waals surface area contributed by atoms with Crippen LogP contribution in [-0.4, -0.2) is 37.2 Å². The normalized spacial score (nSPS) is 13.0. The number of hydrogen-bond donors (Lipinski definition) is 2. The van der Waals surface area contributed by atoms with Gasteiger partial charge in [-0.15, -0.1) is 10.2 Å². The monoisotopic (exact) mass is 493 g/mol. The number of thioether (sulfide) groups is 1. The Labute approximate surface area is 212 Å². The van der Waals surface area contributed by atoms with Gasteiger partial charge in [0.1, 0.15) is 0 Å². The molecule has 6 rings (SSSR count). The van der Waals surface area contributed by atoms with Crippen LogP contribution >= 0.6 is 11.8 Å². The number of hydrogen-bond acceptors (Lipinski definition) is 5. The van der Waals surface area contributed by atoms with E-state index < -0.39 is 0 Å². The summed E-state index contributed by atoms with van der Waals surface area (Å²) in [6, 6.07) is 21.7. The summed E-state index contributed by atoms with van der Waals surface area (Å²) in [6.45, 7) is 2.05. The molecule has 7 nitrogen and oxygen atoms in total. The molecule has 0 saturated heterocycles. The number of rotatable bonds is 6. The number of aromatic nitrogens is 4. The zero-order valence-electron chi connectivity index (χ0n) is 19.6. The molecule has 5 aromatic rings. The Morgan fingerprint density at radius 2 is 1.92 bits per heavy atom. The van der Waals surface area contributed by atoms with Gasteiger partial charge in [-0.05, 0) is 60.9 Å². The van der Waals surface area contributed by atoms with Crippen LogP contribution in [0.1, 0.15) is 27.9 Å². The van der Waals surface area contributed by atoms with Gasteiger partial charge in [0.15, 0.2) is 16.8 Å². The van der Waals surface area contributed by atoms with Gasteiger partial charge >= 0.3 is 0 Å². The number of para-hydroxylation sites is 1. The van der Waals surface area contributed by atoms with Gasteiger partial charge in [-0.1, -0.05) is 42.1 Å². The van der Waals surface area contributed by atoms with E-state index >= 15 is 0 Å². The van der Waals surface area contributed by atoms with Gasteiger partial charge < -0.3 is 10.3 Å². The molecule has 0 bridgehead atoms. The summed E-state index contributed by atoms with van der Waals surface area (Å²) in [7, 11) is 0. The summed E-state index contributed by atoms with van der Waals surface area (Å²) < 4.78 is 2.02. The summed E-state index contributed by atoms with van der Waals surface area (Å²) in [6.07, 6.45) is 3.03. The zero-order valence-corrected chi connectivity index (χ0v) is 20.4. The van der Waals surface area contributed by atoms with Crippen LogP contribution < -0.4 is 5.32 Å². The number of Topliss-reactive ketones (excluding diaryl/α,β-unsaturated/α-hetero) is 1. The second kappa shape index (κ2) is 9.13. The number of carbonyl (C=O) groups is 2. The smallest absolute Gasteiger partial charge is 0.224 e. The molecule has 2 aromatic heterocycles. The van der Waals surface area contributed by atoms with Gasteiger partial charge in [0, 0.05) is 46.0 Å². The lowest BCUT2D eigenvalue weighted by molar-refractivity contribution is -0.116. The van der Waals surface area contributed by atoms with Gasteiger partial charge in [0.25, 0.3) is 0 Å². The number of benzene rings is 3. The molecule has 1 aliphatic heterocycles. The lowest BCUT2D eigenvalue weighted by Gasteiger charge is -2.17. The standard InChI is InChI=1S/C28H23N5O2S/c1-17-5-4-6-20(13-17)33-27(22-15-29-24-8-3-2-7-21(22)24)31-32-28(33)36-16-25(34)19-9-11-23-18(14-19)10-12-26(35)30-23/h2-9,11,13-15,29H,10,12,16H2,1H3,(H,30,35). The van der Waals surface area contributed by atoms with Crippen molar-refractivity contribution < 1.29 is 9.59 Å². The van der Waals surface area contributed by atoms with E-state index in [0.29, 0.717) is 23.6 Å². The molecule has 0 saturated carbocycles. The van der Waals surface area contributed by atoms with Crippen molar-refractivity contribution >= 4 is 40.0 Å². The van der Waals surface area contributed by atoms with Crippen molar-refractivity contribution in [2.45, 2.75) is 24.9 Å². The molecule has 3 heterocycles. The number of anilines is 1. The average molecular weight is 494 g/mol. The molecule has 0 fully saturated rings. The third-order valence-corrected chi connectivity index (χ3v) is 7.31. The highest BCUT2D eigenvalue weighted by atomic mass is 32.2. The number of aryl methyl sites for hydroxylation is 2. The summed E-state index contributed by atoms with van der Waals surface area (Å²) in [5.74, 6) is 0.964. The number of carbonyl (C=O) groups excluding carboxylic acids is 2. The summed E-state index contributed by atoms with van der Waals surface area (Å²) in [5.41, 5.74) is 6.47. The molecule has 0 radical (unpaired) electrons. The van der Waals surface area contributed by atoms with E-state index in [1.165, 1.54) is 11.8 Å². The van der Waals surface area contributed by atoms with Gasteiger partial charge in [-0.2, -0.15) is 0 Å². The number of nitrogens with zero attached hydrogens (tertiary/aromatic N) is 3. The van der Waals surface area contributed by atoms with Crippen molar-refractivity contribution in [3.63, 3.8) is 0 Å². The highest BCUT2D eigenvalue weighted by Crippen LogP contribution is 2.33. The number of nitrogens with one attached hydrogen (secondary N) is 2. The number of aromatic amines is 1. The molecule has 0 atom stereocenters. The fourth-order valence-corrected chi connectivity index (χ4v) is 5.41. The first-order valence-corrected chi connectivity index (χ1v) is 12.7. The van der Waals surface area contributed by atoms with Crippen molar-refractivity contribution in [2.75, 3.05) is 11.1 Å². The molecular formula is C28H23N5O2S. The minimum atomic E-state index is 0.00661. The van der Waals surface area contributed by atoms with Gasteiger partial charge in [0.2, 0.25) is 5.91 Å². The predicted molar refractivity (Wildman–Crippen MR) is 142 cm³/mol. The van der Waals surface area contributed by atoms with Crippen LogP contribution in [0.15, 0.2) is 78.1 Å². The topological polar surface area (TPSA) is 92.7 Å². The van der Waals surface area contributed by atoms with Crippen LogP contribution in [0.2, 0.25) is 0 Å². The highest BCUT2D eigenvalue weighted by molar-refractivity contribution is 7.99. The van der Waals surface area contributed by atoms with Gasteiger partial charge in [0.05, 0.1) is 5.75 Å². The van der Waals surface area contributed by atoms with E-state index in [1.807, 2.05) is 66.2 Å². The fraction of sp³-hybridized carbons (Fsp3) is 0.143. The Bertz CT molecular complexity index is 1630. The molecule has 36 heavy (non-hydrogen) atoms. The maximum Gasteiger partial charge on any atom is 0.224 e. The molecule has 0 spiro atoms. The third-order valence-electron chi connectivity index (χ3n) is 6.38. The van der Waals surface area contributed by atoms with Crippen LogP contribution in [-0.2, 0) is 11.2 Å². The van der Waals surface area contributed by atoms with E-state index in [9.17, 15) is 9.59 Å². The first kappa shape index (κ1) is 22.3. The molecule has 1 aliphatic rings. The highest BCUT2D eigenvalue weighted by Gasteiger charge is 2.21. The van der Waals surface area contributed by atoms with E-state index in [2.05, 4.69) is 32.6 Å². The van der Waals surface area contributed by atoms with Gasteiger partial charge in [-0.3, -0.25) is 14.2 Å². The Hall–Kier alpha value is -4.17. The molecule has 3 aromatic carbocycles. The lowest BCUT2D eigenvalue weighted by Crippen LogP contribution is -2.19. The average Bonchev–Trinajstić information content (AvgIpc) is 3.51. The Morgan fingerprint density at radius 1 is 1.03 bits per heavy atom. The van der Waals surface area contributed by atoms with E-state index in [-0.39, 0.29) is 17.4 Å². The van der Waals surface area contributed by atoms with E-state index in [4.69, 9.17) is 0 Å². The predicted octanol–water partition coefficient (Wildman–Crippen LogP) is 5.58. The Kier molecular flexibility index (Phi) is 5.65. The van der Waals surface area contributed by atoms with Crippen LogP contribution in [0, 0.1) is 6.92 Å². The van der Waals surface area contributed by atoms with Crippen LogP contribution in [0.3, 0.4) is 0 Å². The fourth-order valence-electron chi connectivity index (χ4n) is 4.56. The molecule has 0 aliphatic carbocycles. The van der Waals surface area contributed by atoms with E-state index in [0.717, 1.165) is 44.8 Å². The molecule has 8 heteroatoms. The summed E-state index contributed by atoms with van der Waals surface area (Å²) >= 11 is 1.37. The van der Waals surface area contributed by atoms with Crippen LogP contribution in [0.4, 0.5) is 5.69 Å². The largest absolute Gasteiger partial charge is 0.360 e. The summed E-state index contributed by atoms with van der Waals surface area (Å²) in [5, 5.41) is 13.6. The SMILES string of the molecule is Cc1cccc(-n2c(SCC(=O)c3ccc4c(c3)CCC(=O)N4)nnc2-c2c[nH]c3ccccc23)c1. The van der Waals surface area contributed by atoms with Crippen molar-refractivity contribution in [3.8, 4) is 17.1 Å². The second-order valence-corrected chi connectivity index (χ2v) is 9.80. The molecule has 178 valence electrons. The van der Waals surface area contributed by atoms with E-state index in [1.54, 1.807) is 6.07 Å².